The molecule has 1 aromatic rings. The minimum absolute atomic E-state index is 0.00600. The van der Waals surface area contributed by atoms with Crippen molar-refractivity contribution in [1.29, 1.82) is 0 Å². The molecule has 0 aliphatic carbocycles. The van der Waals surface area contributed by atoms with Crippen LogP contribution in [0.3, 0.4) is 0 Å². The smallest absolute Gasteiger partial charge is 0.225 e. The van der Waals surface area contributed by atoms with Gasteiger partial charge in [-0.3, -0.25) is 4.79 Å². The molecule has 118 valence electrons. The van der Waals surface area contributed by atoms with Gasteiger partial charge in [0.2, 0.25) is 5.91 Å². The van der Waals surface area contributed by atoms with E-state index in [4.69, 9.17) is 4.74 Å². The highest BCUT2D eigenvalue weighted by Crippen LogP contribution is 2.20. The monoisotopic (exact) mass is 296 g/mol. The number of benzene rings is 1. The highest BCUT2D eigenvalue weighted by atomic mass is 19.1. The summed E-state index contributed by atoms with van der Waals surface area (Å²) in [5.41, 5.74) is 0.687. The van der Waals surface area contributed by atoms with Gasteiger partial charge < -0.3 is 15.0 Å². The molecule has 4 nitrogen and oxygen atoms in total. The van der Waals surface area contributed by atoms with Crippen molar-refractivity contribution in [1.82, 2.24) is 10.2 Å². The molecular weight excluding hydrogens is 271 g/mol. The lowest BCUT2D eigenvalue weighted by atomic mass is 10.1. The van der Waals surface area contributed by atoms with Crippen molar-refractivity contribution in [3.63, 3.8) is 0 Å². The first-order valence-electron chi connectivity index (χ1n) is 7.05. The lowest BCUT2D eigenvalue weighted by Gasteiger charge is -2.21. The van der Waals surface area contributed by atoms with Crippen molar-refractivity contribution in [2.24, 2.45) is 0 Å². The van der Waals surface area contributed by atoms with Gasteiger partial charge in [-0.1, -0.05) is 0 Å². The molecule has 0 saturated heterocycles. The van der Waals surface area contributed by atoms with Crippen LogP contribution in [0.25, 0.3) is 0 Å². The summed E-state index contributed by atoms with van der Waals surface area (Å²) in [5.74, 6) is 0.323. The molecule has 0 aromatic heterocycles. The minimum atomic E-state index is -0.294. The van der Waals surface area contributed by atoms with Crippen LogP contribution < -0.4 is 10.1 Å². The second-order valence-corrected chi connectivity index (χ2v) is 6.24. The van der Waals surface area contributed by atoms with Gasteiger partial charge in [-0.05, 0) is 39.0 Å². The topological polar surface area (TPSA) is 41.6 Å². The number of carbonyl (C=O) groups excluding carboxylic acids is 1. The number of hydrogen-bond donors (Lipinski definition) is 1. The van der Waals surface area contributed by atoms with Crippen LogP contribution in [0.2, 0.25) is 0 Å². The van der Waals surface area contributed by atoms with Crippen molar-refractivity contribution >= 4 is 5.91 Å². The summed E-state index contributed by atoms with van der Waals surface area (Å²) in [6.45, 7) is 6.93. The third-order valence-electron chi connectivity index (χ3n) is 2.90. The highest BCUT2D eigenvalue weighted by molar-refractivity contribution is 5.75. The lowest BCUT2D eigenvalue weighted by molar-refractivity contribution is -0.129. The molecule has 0 radical (unpaired) electrons. The van der Waals surface area contributed by atoms with Crippen LogP contribution in [0.4, 0.5) is 4.39 Å². The maximum Gasteiger partial charge on any atom is 0.225 e. The highest BCUT2D eigenvalue weighted by Gasteiger charge is 2.12. The fraction of sp³-hybridized carbons (Fsp3) is 0.562. The Balaban J connectivity index is 2.66. The molecule has 0 aliphatic rings. The van der Waals surface area contributed by atoms with Crippen molar-refractivity contribution in [3.05, 3.63) is 29.6 Å². The summed E-state index contributed by atoms with van der Waals surface area (Å²) in [7, 11) is 3.41. The SMILES string of the molecule is CN(C)C(=O)CCOc1ccc(F)cc1CNC(C)(C)C. The van der Waals surface area contributed by atoms with Gasteiger partial charge in [0.15, 0.2) is 0 Å². The van der Waals surface area contributed by atoms with E-state index in [2.05, 4.69) is 5.32 Å². The predicted octanol–water partition coefficient (Wildman–Crippen LogP) is 2.57. The van der Waals surface area contributed by atoms with Crippen molar-refractivity contribution in [2.75, 3.05) is 20.7 Å². The van der Waals surface area contributed by atoms with Gasteiger partial charge >= 0.3 is 0 Å². The average molecular weight is 296 g/mol. The molecule has 5 heteroatoms. The van der Waals surface area contributed by atoms with E-state index in [1.54, 1.807) is 20.2 Å². The van der Waals surface area contributed by atoms with E-state index in [9.17, 15) is 9.18 Å². The van der Waals surface area contributed by atoms with Gasteiger partial charge in [0, 0.05) is 31.7 Å². The Morgan fingerprint density at radius 1 is 1.33 bits per heavy atom. The molecule has 1 N–H and O–H groups in total. The van der Waals surface area contributed by atoms with E-state index in [-0.39, 0.29) is 23.9 Å². The molecule has 0 heterocycles. The van der Waals surface area contributed by atoms with Crippen LogP contribution in [-0.2, 0) is 11.3 Å². The number of amides is 1. The normalized spacial score (nSPS) is 11.3. The molecule has 0 aliphatic heterocycles. The van der Waals surface area contributed by atoms with Crippen LogP contribution in [0.15, 0.2) is 18.2 Å². The second kappa shape index (κ2) is 7.41. The van der Waals surface area contributed by atoms with Gasteiger partial charge in [-0.15, -0.1) is 0 Å². The first-order chi connectivity index (χ1) is 9.69. The molecule has 1 aromatic carbocycles. The summed E-state index contributed by atoms with van der Waals surface area (Å²) in [6, 6.07) is 4.43. The molecule has 0 spiro atoms. The Bertz CT molecular complexity index is 482. The Morgan fingerprint density at radius 3 is 2.57 bits per heavy atom. The number of halogens is 1. The van der Waals surface area contributed by atoms with E-state index >= 15 is 0 Å². The Labute approximate surface area is 126 Å². The third kappa shape index (κ3) is 6.58. The largest absolute Gasteiger partial charge is 0.493 e. The third-order valence-corrected chi connectivity index (χ3v) is 2.90. The summed E-state index contributed by atoms with van der Waals surface area (Å²) < 4.78 is 19.0. The van der Waals surface area contributed by atoms with Gasteiger partial charge in [-0.2, -0.15) is 0 Å². The van der Waals surface area contributed by atoms with Crippen LogP contribution in [0, 0.1) is 5.82 Å². The van der Waals surface area contributed by atoms with Gasteiger partial charge in [-0.25, -0.2) is 4.39 Å². The minimum Gasteiger partial charge on any atom is -0.493 e. The molecule has 0 bridgehead atoms. The maximum atomic E-state index is 13.4. The zero-order chi connectivity index (χ0) is 16.0. The summed E-state index contributed by atoms with van der Waals surface area (Å²) >= 11 is 0. The van der Waals surface area contributed by atoms with Gasteiger partial charge in [0.05, 0.1) is 13.0 Å². The number of carbonyl (C=O) groups is 1. The number of nitrogens with zero attached hydrogens (tertiary/aromatic N) is 1. The lowest BCUT2D eigenvalue weighted by Crippen LogP contribution is -2.35. The van der Waals surface area contributed by atoms with Crippen molar-refractivity contribution < 1.29 is 13.9 Å². The summed E-state index contributed by atoms with van der Waals surface area (Å²) in [4.78, 5) is 13.0. The number of rotatable bonds is 6. The fourth-order valence-corrected chi connectivity index (χ4v) is 1.66. The van der Waals surface area contributed by atoms with E-state index in [1.807, 2.05) is 20.8 Å². The molecular formula is C16H25FN2O2. The molecule has 0 unspecified atom stereocenters. The van der Waals surface area contributed by atoms with E-state index < -0.39 is 0 Å². The molecule has 0 fully saturated rings. The predicted molar refractivity (Wildman–Crippen MR) is 81.8 cm³/mol. The Hall–Kier alpha value is -1.62. The van der Waals surface area contributed by atoms with Crippen molar-refractivity contribution in [2.45, 2.75) is 39.3 Å². The number of ether oxygens (including phenoxy) is 1. The standard InChI is InChI=1S/C16H25FN2O2/c1-16(2,3)18-11-12-10-13(17)6-7-14(12)21-9-8-15(20)19(4)5/h6-7,10,18H,8-9,11H2,1-5H3. The van der Waals surface area contributed by atoms with E-state index in [0.29, 0.717) is 18.7 Å². The van der Waals surface area contributed by atoms with Crippen LogP contribution in [0.1, 0.15) is 32.8 Å². The van der Waals surface area contributed by atoms with Gasteiger partial charge in [0.1, 0.15) is 11.6 Å². The molecule has 1 rings (SSSR count). The molecule has 0 saturated carbocycles. The Kier molecular flexibility index (Phi) is 6.15. The number of nitrogens with one attached hydrogen (secondary N) is 1. The maximum absolute atomic E-state index is 13.4. The quantitative estimate of drug-likeness (QED) is 0.877. The molecule has 0 atom stereocenters. The molecule has 21 heavy (non-hydrogen) atoms. The second-order valence-electron chi connectivity index (χ2n) is 6.24. The zero-order valence-corrected chi connectivity index (χ0v) is 13.5. The molecule has 1 amide bonds. The first-order valence-corrected chi connectivity index (χ1v) is 7.05. The number of hydrogen-bond acceptors (Lipinski definition) is 3. The van der Waals surface area contributed by atoms with Crippen LogP contribution in [0.5, 0.6) is 5.75 Å². The van der Waals surface area contributed by atoms with Crippen molar-refractivity contribution in [3.8, 4) is 5.75 Å². The van der Waals surface area contributed by atoms with Gasteiger partial charge in [0.25, 0.3) is 0 Å². The summed E-state index contributed by atoms with van der Waals surface area (Å²) in [5, 5.41) is 3.30. The van der Waals surface area contributed by atoms with E-state index in [0.717, 1.165) is 5.56 Å². The van der Waals surface area contributed by atoms with Crippen LogP contribution in [-0.4, -0.2) is 37.0 Å². The fourth-order valence-electron chi connectivity index (χ4n) is 1.66. The Morgan fingerprint density at radius 2 is 2.00 bits per heavy atom. The van der Waals surface area contributed by atoms with E-state index in [1.165, 1.54) is 17.0 Å². The van der Waals surface area contributed by atoms with Crippen LogP contribution >= 0.6 is 0 Å². The summed E-state index contributed by atoms with van der Waals surface area (Å²) in [6.07, 6.45) is 0.302. The zero-order valence-electron chi connectivity index (χ0n) is 13.5. The average Bonchev–Trinajstić information content (AvgIpc) is 2.37. The first kappa shape index (κ1) is 17.4.